The number of carboxylic acids is 1. The summed E-state index contributed by atoms with van der Waals surface area (Å²) in [6, 6.07) is 5.21. The maximum Gasteiger partial charge on any atom is 0.306 e. The summed E-state index contributed by atoms with van der Waals surface area (Å²) < 4.78 is 5.13. The largest absolute Gasteiger partial charge is 0.496 e. The van der Waals surface area contributed by atoms with E-state index in [1.54, 1.807) is 32.2 Å². The number of methoxy groups -OCH3 is 1. The van der Waals surface area contributed by atoms with E-state index in [0.717, 1.165) is 5.56 Å². The second kappa shape index (κ2) is 5.03. The van der Waals surface area contributed by atoms with Gasteiger partial charge < -0.3 is 9.84 Å². The van der Waals surface area contributed by atoms with Gasteiger partial charge in [0.25, 0.3) is 0 Å². The lowest BCUT2D eigenvalue weighted by molar-refractivity contribution is -0.141. The monoisotopic (exact) mass is 228 g/mol. The van der Waals surface area contributed by atoms with Gasteiger partial charge in [0, 0.05) is 5.02 Å². The highest BCUT2D eigenvalue weighted by Gasteiger charge is 2.14. The normalized spacial score (nSPS) is 12.2. The molecule has 1 atom stereocenters. The lowest BCUT2D eigenvalue weighted by atomic mass is 10.0. The topological polar surface area (TPSA) is 46.5 Å². The van der Waals surface area contributed by atoms with Crippen LogP contribution in [0.25, 0.3) is 0 Å². The molecule has 1 aromatic carbocycles. The van der Waals surface area contributed by atoms with E-state index in [1.165, 1.54) is 0 Å². The molecule has 0 saturated carbocycles. The summed E-state index contributed by atoms with van der Waals surface area (Å²) >= 11 is 5.80. The van der Waals surface area contributed by atoms with E-state index >= 15 is 0 Å². The van der Waals surface area contributed by atoms with Gasteiger partial charge in [0.2, 0.25) is 0 Å². The molecule has 0 fully saturated rings. The van der Waals surface area contributed by atoms with Gasteiger partial charge in [0.15, 0.2) is 0 Å². The Hall–Kier alpha value is -1.22. The Kier molecular flexibility index (Phi) is 3.97. The van der Waals surface area contributed by atoms with Crippen LogP contribution in [0.1, 0.15) is 12.5 Å². The molecule has 0 radical (unpaired) electrons. The summed E-state index contributed by atoms with van der Waals surface area (Å²) in [5.41, 5.74) is 0.858. The zero-order valence-electron chi connectivity index (χ0n) is 8.66. The minimum atomic E-state index is -0.813. The van der Waals surface area contributed by atoms with Crippen molar-refractivity contribution in [1.82, 2.24) is 0 Å². The van der Waals surface area contributed by atoms with Crippen molar-refractivity contribution in [3.8, 4) is 5.75 Å². The second-order valence-electron chi connectivity index (χ2n) is 3.40. The Morgan fingerprint density at radius 2 is 2.27 bits per heavy atom. The summed E-state index contributed by atoms with van der Waals surface area (Å²) in [7, 11) is 1.54. The molecular weight excluding hydrogens is 216 g/mol. The number of carbonyl (C=O) groups is 1. The Balaban J connectivity index is 2.89. The van der Waals surface area contributed by atoms with Crippen molar-refractivity contribution in [2.75, 3.05) is 7.11 Å². The summed E-state index contributed by atoms with van der Waals surface area (Å²) in [6.45, 7) is 1.66. The number of rotatable bonds is 4. The molecule has 0 spiro atoms. The SMILES string of the molecule is COc1cc(Cl)ccc1C[C@@H](C)C(=O)O. The number of aliphatic carboxylic acids is 1. The molecule has 0 unspecified atom stereocenters. The first-order valence-corrected chi connectivity index (χ1v) is 4.97. The van der Waals surface area contributed by atoms with Gasteiger partial charge in [-0.2, -0.15) is 0 Å². The van der Waals surface area contributed by atoms with E-state index in [-0.39, 0.29) is 0 Å². The molecule has 0 amide bonds. The molecule has 82 valence electrons. The summed E-state index contributed by atoms with van der Waals surface area (Å²) in [4.78, 5) is 10.7. The molecule has 0 heterocycles. The van der Waals surface area contributed by atoms with Crippen molar-refractivity contribution in [2.24, 2.45) is 5.92 Å². The summed E-state index contributed by atoms with van der Waals surface area (Å²) in [5.74, 6) is -0.609. The zero-order chi connectivity index (χ0) is 11.4. The highest BCUT2D eigenvalue weighted by Crippen LogP contribution is 2.25. The molecule has 4 heteroatoms. The molecule has 0 aliphatic rings. The van der Waals surface area contributed by atoms with E-state index in [4.69, 9.17) is 21.4 Å². The van der Waals surface area contributed by atoms with Crippen LogP contribution in [0.15, 0.2) is 18.2 Å². The van der Waals surface area contributed by atoms with Gasteiger partial charge in [0.05, 0.1) is 13.0 Å². The van der Waals surface area contributed by atoms with E-state index in [1.807, 2.05) is 0 Å². The number of hydrogen-bond acceptors (Lipinski definition) is 2. The van der Waals surface area contributed by atoms with E-state index < -0.39 is 11.9 Å². The van der Waals surface area contributed by atoms with E-state index in [0.29, 0.717) is 17.2 Å². The van der Waals surface area contributed by atoms with Crippen LogP contribution in [0, 0.1) is 5.92 Å². The number of halogens is 1. The first-order valence-electron chi connectivity index (χ1n) is 4.59. The average Bonchev–Trinajstić information content (AvgIpc) is 2.20. The highest BCUT2D eigenvalue weighted by atomic mass is 35.5. The van der Waals surface area contributed by atoms with Crippen LogP contribution in [0.5, 0.6) is 5.75 Å². The van der Waals surface area contributed by atoms with Gasteiger partial charge >= 0.3 is 5.97 Å². The Labute approximate surface area is 93.6 Å². The van der Waals surface area contributed by atoms with Gasteiger partial charge in [-0.25, -0.2) is 0 Å². The predicted octanol–water partition coefficient (Wildman–Crippen LogP) is 2.61. The molecule has 0 aliphatic carbocycles. The third-order valence-electron chi connectivity index (χ3n) is 2.20. The Bertz CT molecular complexity index is 363. The van der Waals surface area contributed by atoms with Crippen LogP contribution >= 0.6 is 11.6 Å². The van der Waals surface area contributed by atoms with Crippen LogP contribution in [0.2, 0.25) is 5.02 Å². The van der Waals surface area contributed by atoms with Crippen molar-refractivity contribution in [3.05, 3.63) is 28.8 Å². The van der Waals surface area contributed by atoms with Crippen LogP contribution < -0.4 is 4.74 Å². The molecule has 0 saturated heterocycles. The molecule has 15 heavy (non-hydrogen) atoms. The maximum absolute atomic E-state index is 10.7. The molecule has 0 bridgehead atoms. The fourth-order valence-corrected chi connectivity index (χ4v) is 1.47. The standard InChI is InChI=1S/C11H13ClO3/c1-7(11(13)14)5-8-3-4-9(12)6-10(8)15-2/h3-4,6-7H,5H2,1-2H3,(H,13,14)/t7-/m1/s1. The van der Waals surface area contributed by atoms with E-state index in [2.05, 4.69) is 0 Å². The molecular formula is C11H13ClO3. The van der Waals surface area contributed by atoms with Gasteiger partial charge in [-0.15, -0.1) is 0 Å². The molecule has 0 aliphatic heterocycles. The summed E-state index contributed by atoms with van der Waals surface area (Å²) in [5, 5.41) is 9.38. The molecule has 1 N–H and O–H groups in total. The summed E-state index contributed by atoms with van der Waals surface area (Å²) in [6.07, 6.45) is 0.440. The average molecular weight is 229 g/mol. The third kappa shape index (κ3) is 3.13. The van der Waals surface area contributed by atoms with Crippen LogP contribution in [-0.2, 0) is 11.2 Å². The first-order chi connectivity index (χ1) is 7.04. The zero-order valence-corrected chi connectivity index (χ0v) is 9.41. The van der Waals surface area contributed by atoms with Crippen molar-refractivity contribution in [3.63, 3.8) is 0 Å². The fraction of sp³-hybridized carbons (Fsp3) is 0.364. The van der Waals surface area contributed by atoms with Gasteiger partial charge in [0.1, 0.15) is 5.75 Å². The van der Waals surface area contributed by atoms with E-state index in [9.17, 15) is 4.79 Å². The first kappa shape index (κ1) is 11.9. The number of carboxylic acid groups (broad SMARTS) is 1. The van der Waals surface area contributed by atoms with Crippen LogP contribution in [0.3, 0.4) is 0 Å². The predicted molar refractivity (Wildman–Crippen MR) is 58.5 cm³/mol. The minimum Gasteiger partial charge on any atom is -0.496 e. The second-order valence-corrected chi connectivity index (χ2v) is 3.84. The fourth-order valence-electron chi connectivity index (χ4n) is 1.30. The van der Waals surface area contributed by atoms with Crippen molar-refractivity contribution in [2.45, 2.75) is 13.3 Å². The van der Waals surface area contributed by atoms with Crippen LogP contribution in [-0.4, -0.2) is 18.2 Å². The number of ether oxygens (including phenoxy) is 1. The quantitative estimate of drug-likeness (QED) is 0.862. The maximum atomic E-state index is 10.7. The lowest BCUT2D eigenvalue weighted by Gasteiger charge is -2.11. The highest BCUT2D eigenvalue weighted by molar-refractivity contribution is 6.30. The molecule has 1 aromatic rings. The molecule has 1 rings (SSSR count). The number of hydrogen-bond donors (Lipinski definition) is 1. The van der Waals surface area contributed by atoms with Crippen molar-refractivity contribution >= 4 is 17.6 Å². The molecule has 0 aromatic heterocycles. The smallest absolute Gasteiger partial charge is 0.306 e. The third-order valence-corrected chi connectivity index (χ3v) is 2.43. The molecule has 3 nitrogen and oxygen atoms in total. The Morgan fingerprint density at radius 1 is 1.60 bits per heavy atom. The van der Waals surface area contributed by atoms with Crippen LogP contribution in [0.4, 0.5) is 0 Å². The van der Waals surface area contributed by atoms with Crippen molar-refractivity contribution in [1.29, 1.82) is 0 Å². The van der Waals surface area contributed by atoms with Gasteiger partial charge in [-0.05, 0) is 24.1 Å². The lowest BCUT2D eigenvalue weighted by Crippen LogP contribution is -2.12. The minimum absolute atomic E-state index is 0.430. The number of benzene rings is 1. The van der Waals surface area contributed by atoms with Gasteiger partial charge in [-0.1, -0.05) is 24.6 Å². The Morgan fingerprint density at radius 3 is 2.80 bits per heavy atom. The van der Waals surface area contributed by atoms with Gasteiger partial charge in [-0.3, -0.25) is 4.79 Å². The van der Waals surface area contributed by atoms with Crippen molar-refractivity contribution < 1.29 is 14.6 Å².